The molecule has 3 rings (SSSR count). The van der Waals surface area contributed by atoms with Gasteiger partial charge < -0.3 is 15.0 Å². The van der Waals surface area contributed by atoms with Crippen LogP contribution in [0.2, 0.25) is 5.02 Å². The van der Waals surface area contributed by atoms with Gasteiger partial charge in [0.1, 0.15) is 0 Å². The van der Waals surface area contributed by atoms with Crippen molar-refractivity contribution in [2.24, 2.45) is 0 Å². The maximum Gasteiger partial charge on any atom is 0.0641 e. The molecule has 1 aliphatic carbocycles. The molecule has 0 atom stereocenters. The first-order valence-corrected chi connectivity index (χ1v) is 7.55. The van der Waals surface area contributed by atoms with Gasteiger partial charge >= 0.3 is 0 Å². The summed E-state index contributed by atoms with van der Waals surface area (Å²) in [4.78, 5) is 2.41. The number of rotatable bonds is 4. The Kier molecular flexibility index (Phi) is 4.26. The molecule has 3 nitrogen and oxygen atoms in total. The fourth-order valence-corrected chi connectivity index (χ4v) is 2.68. The first-order chi connectivity index (χ1) is 9.33. The van der Waals surface area contributed by atoms with Crippen LogP contribution in [-0.4, -0.2) is 32.3 Å². The maximum absolute atomic E-state index is 6.17. The van der Waals surface area contributed by atoms with Gasteiger partial charge in [0.2, 0.25) is 0 Å². The van der Waals surface area contributed by atoms with Crippen LogP contribution >= 0.6 is 11.6 Å². The van der Waals surface area contributed by atoms with Gasteiger partial charge in [0.25, 0.3) is 0 Å². The third kappa shape index (κ3) is 3.62. The minimum Gasteiger partial charge on any atom is -0.380 e. The molecule has 2 aliphatic rings. The quantitative estimate of drug-likeness (QED) is 0.918. The lowest BCUT2D eigenvalue weighted by molar-refractivity contribution is 0.152. The van der Waals surface area contributed by atoms with Gasteiger partial charge in [-0.2, -0.15) is 0 Å². The number of hydrogen-bond donors (Lipinski definition) is 1. The van der Waals surface area contributed by atoms with E-state index < -0.39 is 0 Å². The average Bonchev–Trinajstić information content (AvgIpc) is 3.24. The Morgan fingerprint density at radius 3 is 3.00 bits per heavy atom. The largest absolute Gasteiger partial charge is 0.380 e. The van der Waals surface area contributed by atoms with Crippen molar-refractivity contribution in [1.82, 2.24) is 5.32 Å². The molecule has 1 saturated heterocycles. The van der Waals surface area contributed by atoms with Crippen LogP contribution in [0, 0.1) is 0 Å². The molecule has 0 unspecified atom stereocenters. The van der Waals surface area contributed by atoms with Crippen molar-refractivity contribution < 1.29 is 4.74 Å². The number of nitrogens with zero attached hydrogens (tertiary/aromatic N) is 1. The molecule has 1 aliphatic heterocycles. The van der Waals surface area contributed by atoms with Gasteiger partial charge in [0.15, 0.2) is 0 Å². The van der Waals surface area contributed by atoms with E-state index in [1.54, 1.807) is 0 Å². The summed E-state index contributed by atoms with van der Waals surface area (Å²) in [6, 6.07) is 6.97. The van der Waals surface area contributed by atoms with E-state index in [1.165, 1.54) is 24.1 Å². The fraction of sp³-hybridized carbons (Fsp3) is 0.600. The lowest BCUT2D eigenvalue weighted by Gasteiger charge is -2.25. The standard InChI is InChI=1S/C15H21ClN2O/c16-13-3-2-12(11-17-14-4-5-14)15(10-13)18-6-1-8-19-9-7-18/h2-3,10,14,17H,1,4-9,11H2. The molecule has 0 bridgehead atoms. The second-order valence-corrected chi connectivity index (χ2v) is 5.82. The summed E-state index contributed by atoms with van der Waals surface area (Å²) in [6.07, 6.45) is 3.73. The van der Waals surface area contributed by atoms with Crippen LogP contribution in [0.25, 0.3) is 0 Å². The summed E-state index contributed by atoms with van der Waals surface area (Å²) >= 11 is 6.17. The van der Waals surface area contributed by atoms with Crippen LogP contribution in [-0.2, 0) is 11.3 Å². The van der Waals surface area contributed by atoms with E-state index in [0.29, 0.717) is 0 Å². The van der Waals surface area contributed by atoms with Crippen LogP contribution in [0.4, 0.5) is 5.69 Å². The van der Waals surface area contributed by atoms with Crippen molar-refractivity contribution in [3.05, 3.63) is 28.8 Å². The lowest BCUT2D eigenvalue weighted by Crippen LogP contribution is -2.28. The Morgan fingerprint density at radius 2 is 2.16 bits per heavy atom. The van der Waals surface area contributed by atoms with Crippen molar-refractivity contribution >= 4 is 17.3 Å². The zero-order chi connectivity index (χ0) is 13.1. The van der Waals surface area contributed by atoms with E-state index in [2.05, 4.69) is 22.3 Å². The molecule has 1 aromatic carbocycles. The highest BCUT2D eigenvalue weighted by Crippen LogP contribution is 2.27. The number of nitrogens with one attached hydrogen (secondary N) is 1. The number of hydrogen-bond acceptors (Lipinski definition) is 3. The fourth-order valence-electron chi connectivity index (χ4n) is 2.51. The van der Waals surface area contributed by atoms with Gasteiger partial charge in [-0.3, -0.25) is 0 Å². The zero-order valence-corrected chi connectivity index (χ0v) is 12.0. The van der Waals surface area contributed by atoms with E-state index in [4.69, 9.17) is 16.3 Å². The highest BCUT2D eigenvalue weighted by molar-refractivity contribution is 6.30. The minimum absolute atomic E-state index is 0.732. The molecule has 1 heterocycles. The zero-order valence-electron chi connectivity index (χ0n) is 11.2. The topological polar surface area (TPSA) is 24.5 Å². The van der Waals surface area contributed by atoms with E-state index in [9.17, 15) is 0 Å². The predicted molar refractivity (Wildman–Crippen MR) is 79.0 cm³/mol. The molecule has 19 heavy (non-hydrogen) atoms. The van der Waals surface area contributed by atoms with Crippen LogP contribution in [0.3, 0.4) is 0 Å². The monoisotopic (exact) mass is 280 g/mol. The van der Waals surface area contributed by atoms with Crippen molar-refractivity contribution in [3.63, 3.8) is 0 Å². The van der Waals surface area contributed by atoms with Crippen LogP contribution in [0.1, 0.15) is 24.8 Å². The Labute approximate surface area is 119 Å². The predicted octanol–water partition coefficient (Wildman–Crippen LogP) is 2.82. The van der Waals surface area contributed by atoms with Gasteiger partial charge in [-0.15, -0.1) is 0 Å². The van der Waals surface area contributed by atoms with E-state index in [0.717, 1.165) is 50.3 Å². The van der Waals surface area contributed by atoms with E-state index in [-0.39, 0.29) is 0 Å². The summed E-state index contributed by atoms with van der Waals surface area (Å²) in [6.45, 7) is 4.62. The van der Waals surface area contributed by atoms with E-state index in [1.807, 2.05) is 6.07 Å². The number of benzene rings is 1. The summed E-state index contributed by atoms with van der Waals surface area (Å²) < 4.78 is 5.53. The summed E-state index contributed by atoms with van der Waals surface area (Å²) in [7, 11) is 0. The first kappa shape index (κ1) is 13.2. The lowest BCUT2D eigenvalue weighted by atomic mass is 10.1. The molecule has 1 aromatic rings. The van der Waals surface area contributed by atoms with Crippen molar-refractivity contribution in [2.45, 2.75) is 31.8 Å². The van der Waals surface area contributed by atoms with Crippen LogP contribution in [0.5, 0.6) is 0 Å². The molecule has 0 radical (unpaired) electrons. The van der Waals surface area contributed by atoms with Crippen LogP contribution in [0.15, 0.2) is 18.2 Å². The Hall–Kier alpha value is -0.770. The molecular formula is C15H21ClN2O. The van der Waals surface area contributed by atoms with Crippen molar-refractivity contribution in [3.8, 4) is 0 Å². The third-order valence-electron chi connectivity index (χ3n) is 3.77. The summed E-state index contributed by atoms with van der Waals surface area (Å²) in [5.41, 5.74) is 2.62. The Morgan fingerprint density at radius 1 is 1.26 bits per heavy atom. The number of halogens is 1. The number of ether oxygens (including phenoxy) is 1. The van der Waals surface area contributed by atoms with Gasteiger partial charge in [-0.1, -0.05) is 17.7 Å². The summed E-state index contributed by atoms with van der Waals surface area (Å²) in [5, 5.41) is 4.40. The summed E-state index contributed by atoms with van der Waals surface area (Å²) in [5.74, 6) is 0. The maximum atomic E-state index is 6.17. The van der Waals surface area contributed by atoms with Crippen molar-refractivity contribution in [1.29, 1.82) is 0 Å². The SMILES string of the molecule is Clc1ccc(CNC2CC2)c(N2CCCOCC2)c1. The molecule has 104 valence electrons. The molecule has 0 amide bonds. The van der Waals surface area contributed by atoms with Gasteiger partial charge in [0.05, 0.1) is 6.61 Å². The molecule has 1 saturated carbocycles. The third-order valence-corrected chi connectivity index (χ3v) is 4.00. The Balaban J connectivity index is 1.77. The smallest absolute Gasteiger partial charge is 0.0641 e. The van der Waals surface area contributed by atoms with E-state index >= 15 is 0 Å². The normalized spacial score (nSPS) is 20.4. The Bertz CT molecular complexity index is 426. The van der Waals surface area contributed by atoms with Gasteiger partial charge in [-0.25, -0.2) is 0 Å². The number of anilines is 1. The molecule has 2 fully saturated rings. The van der Waals surface area contributed by atoms with Crippen molar-refractivity contribution in [2.75, 3.05) is 31.2 Å². The minimum atomic E-state index is 0.732. The second-order valence-electron chi connectivity index (χ2n) is 5.38. The highest BCUT2D eigenvalue weighted by Gasteiger charge is 2.21. The molecule has 1 N–H and O–H groups in total. The van der Waals surface area contributed by atoms with Gasteiger partial charge in [0, 0.05) is 43.0 Å². The highest BCUT2D eigenvalue weighted by atomic mass is 35.5. The molecular weight excluding hydrogens is 260 g/mol. The van der Waals surface area contributed by atoms with Gasteiger partial charge in [-0.05, 0) is 37.0 Å². The second kappa shape index (κ2) is 6.12. The molecule has 0 spiro atoms. The molecule has 0 aromatic heterocycles. The average molecular weight is 281 g/mol. The molecule has 4 heteroatoms. The first-order valence-electron chi connectivity index (χ1n) is 7.17. The van der Waals surface area contributed by atoms with Crippen LogP contribution < -0.4 is 10.2 Å².